The van der Waals surface area contributed by atoms with Gasteiger partial charge in [0.05, 0.1) is 32.2 Å². The van der Waals surface area contributed by atoms with Crippen molar-refractivity contribution >= 4 is 23.7 Å². The van der Waals surface area contributed by atoms with Crippen LogP contribution in [0.25, 0.3) is 0 Å². The van der Waals surface area contributed by atoms with Crippen LogP contribution in [0, 0.1) is 5.82 Å². The van der Waals surface area contributed by atoms with Gasteiger partial charge in [0, 0.05) is 10.5 Å². The highest BCUT2D eigenvalue weighted by atomic mass is 32.2. The van der Waals surface area contributed by atoms with E-state index >= 15 is 0 Å². The first-order valence-corrected chi connectivity index (χ1v) is 8.79. The largest absolute Gasteiger partial charge is 0.481 e. The Morgan fingerprint density at radius 1 is 1.00 bits per heavy atom. The Morgan fingerprint density at radius 3 is 2.37 bits per heavy atom. The Labute approximate surface area is 160 Å². The van der Waals surface area contributed by atoms with E-state index in [9.17, 15) is 4.39 Å². The van der Waals surface area contributed by atoms with Gasteiger partial charge in [0.1, 0.15) is 5.82 Å². The monoisotopic (exact) mass is 384 g/mol. The van der Waals surface area contributed by atoms with E-state index < -0.39 is 0 Å². The number of para-hydroxylation sites is 1. The molecule has 0 radical (unpaired) electrons. The molecule has 0 atom stereocenters. The zero-order valence-electron chi connectivity index (χ0n) is 14.7. The van der Waals surface area contributed by atoms with Gasteiger partial charge < -0.3 is 9.47 Å². The highest BCUT2D eigenvalue weighted by molar-refractivity contribution is 7.99. The predicted octanol–water partition coefficient (Wildman–Crippen LogP) is 4.23. The molecule has 1 heterocycles. The Bertz CT molecular complexity index is 930. The van der Waals surface area contributed by atoms with E-state index in [1.54, 1.807) is 30.5 Å². The lowest BCUT2D eigenvalue weighted by molar-refractivity contribution is 0.364. The van der Waals surface area contributed by atoms with Gasteiger partial charge in [-0.05, 0) is 30.0 Å². The molecule has 138 valence electrons. The SMILES string of the molecule is COc1cc(OC)nc(Sc2ccccc2C=NNc2ccccc2F)n1. The molecule has 2 aromatic carbocycles. The number of benzene rings is 2. The minimum atomic E-state index is -0.366. The van der Waals surface area contributed by atoms with Crippen LogP contribution in [0.1, 0.15) is 5.56 Å². The number of nitrogens with one attached hydrogen (secondary N) is 1. The molecule has 0 spiro atoms. The van der Waals surface area contributed by atoms with Crippen LogP contribution in [0.4, 0.5) is 10.1 Å². The van der Waals surface area contributed by atoms with E-state index in [1.165, 1.54) is 32.0 Å². The lowest BCUT2D eigenvalue weighted by atomic mass is 10.2. The smallest absolute Gasteiger partial charge is 0.220 e. The van der Waals surface area contributed by atoms with E-state index in [1.807, 2.05) is 24.3 Å². The number of anilines is 1. The van der Waals surface area contributed by atoms with Gasteiger partial charge in [0.25, 0.3) is 0 Å². The number of hydrazone groups is 1. The molecule has 1 aromatic heterocycles. The van der Waals surface area contributed by atoms with E-state index in [0.717, 1.165) is 10.5 Å². The molecular formula is C19H17FN4O2S. The average molecular weight is 384 g/mol. The van der Waals surface area contributed by atoms with E-state index in [-0.39, 0.29) is 5.82 Å². The molecule has 0 saturated carbocycles. The molecule has 6 nitrogen and oxygen atoms in total. The number of rotatable bonds is 7. The van der Waals surface area contributed by atoms with Crippen LogP contribution < -0.4 is 14.9 Å². The van der Waals surface area contributed by atoms with Crippen LogP contribution in [0.2, 0.25) is 0 Å². The summed E-state index contributed by atoms with van der Waals surface area (Å²) in [7, 11) is 3.07. The van der Waals surface area contributed by atoms with Crippen LogP contribution in [0.15, 0.2) is 69.8 Å². The summed E-state index contributed by atoms with van der Waals surface area (Å²) in [5.41, 5.74) is 3.84. The number of hydrogen-bond donors (Lipinski definition) is 1. The Kier molecular flexibility index (Phi) is 6.22. The summed E-state index contributed by atoms with van der Waals surface area (Å²) in [6, 6.07) is 15.6. The van der Waals surface area contributed by atoms with Gasteiger partial charge in [0.15, 0.2) is 5.16 Å². The highest BCUT2D eigenvalue weighted by Gasteiger charge is 2.09. The van der Waals surface area contributed by atoms with Crippen LogP contribution in [-0.4, -0.2) is 30.4 Å². The fourth-order valence-electron chi connectivity index (χ4n) is 2.14. The second-order valence-electron chi connectivity index (χ2n) is 5.22. The predicted molar refractivity (Wildman–Crippen MR) is 103 cm³/mol. The molecule has 3 rings (SSSR count). The third kappa shape index (κ3) is 4.95. The number of ether oxygens (including phenoxy) is 2. The Morgan fingerprint density at radius 2 is 1.67 bits per heavy atom. The molecule has 0 aliphatic heterocycles. The van der Waals surface area contributed by atoms with Gasteiger partial charge in [-0.15, -0.1) is 0 Å². The van der Waals surface area contributed by atoms with Gasteiger partial charge in [0.2, 0.25) is 11.8 Å². The van der Waals surface area contributed by atoms with Crippen molar-refractivity contribution < 1.29 is 13.9 Å². The third-order valence-corrected chi connectivity index (χ3v) is 4.42. The number of methoxy groups -OCH3 is 2. The number of aromatic nitrogens is 2. The van der Waals surface area contributed by atoms with Gasteiger partial charge in [-0.3, -0.25) is 5.43 Å². The summed E-state index contributed by atoms with van der Waals surface area (Å²) in [5.74, 6) is 0.461. The Balaban J connectivity index is 1.80. The van der Waals surface area contributed by atoms with Crippen molar-refractivity contribution in [3.63, 3.8) is 0 Å². The summed E-state index contributed by atoms with van der Waals surface area (Å²) in [6.07, 6.45) is 1.62. The maximum absolute atomic E-state index is 13.6. The molecule has 0 amide bonds. The fourth-order valence-corrected chi connectivity index (χ4v) is 2.99. The van der Waals surface area contributed by atoms with Crippen molar-refractivity contribution in [2.75, 3.05) is 19.6 Å². The maximum atomic E-state index is 13.6. The highest BCUT2D eigenvalue weighted by Crippen LogP contribution is 2.30. The second kappa shape index (κ2) is 9.00. The molecule has 0 bridgehead atoms. The molecule has 0 aliphatic carbocycles. The summed E-state index contributed by atoms with van der Waals surface area (Å²) >= 11 is 1.35. The second-order valence-corrected chi connectivity index (χ2v) is 6.23. The summed E-state index contributed by atoms with van der Waals surface area (Å²) in [6.45, 7) is 0. The van der Waals surface area contributed by atoms with Crippen molar-refractivity contribution in [1.29, 1.82) is 0 Å². The first-order chi connectivity index (χ1) is 13.2. The van der Waals surface area contributed by atoms with Crippen molar-refractivity contribution in [1.82, 2.24) is 9.97 Å². The molecule has 1 N–H and O–H groups in total. The van der Waals surface area contributed by atoms with Crippen LogP contribution >= 0.6 is 11.8 Å². The van der Waals surface area contributed by atoms with Crippen LogP contribution in [-0.2, 0) is 0 Å². The van der Waals surface area contributed by atoms with E-state index in [2.05, 4.69) is 20.5 Å². The van der Waals surface area contributed by atoms with E-state index in [4.69, 9.17) is 9.47 Å². The molecular weight excluding hydrogens is 367 g/mol. The van der Waals surface area contributed by atoms with Crippen LogP contribution in [0.3, 0.4) is 0 Å². The first-order valence-electron chi connectivity index (χ1n) is 7.97. The van der Waals surface area contributed by atoms with Gasteiger partial charge in [-0.2, -0.15) is 15.1 Å². The zero-order valence-corrected chi connectivity index (χ0v) is 15.5. The number of nitrogens with zero attached hydrogens (tertiary/aromatic N) is 3. The summed E-state index contributed by atoms with van der Waals surface area (Å²) in [4.78, 5) is 9.51. The lowest BCUT2D eigenvalue weighted by Crippen LogP contribution is -1.97. The topological polar surface area (TPSA) is 68.6 Å². The van der Waals surface area contributed by atoms with Gasteiger partial charge >= 0.3 is 0 Å². The van der Waals surface area contributed by atoms with Gasteiger partial charge in [-0.1, -0.05) is 30.3 Å². The number of halogens is 1. The average Bonchev–Trinajstić information content (AvgIpc) is 2.70. The van der Waals surface area contributed by atoms with Crippen molar-refractivity contribution in [2.24, 2.45) is 5.10 Å². The molecule has 0 unspecified atom stereocenters. The Hall–Kier alpha value is -3.13. The summed E-state index contributed by atoms with van der Waals surface area (Å²) < 4.78 is 24.0. The molecule has 8 heteroatoms. The van der Waals surface area contributed by atoms with Crippen LogP contribution in [0.5, 0.6) is 11.8 Å². The molecule has 0 saturated heterocycles. The summed E-state index contributed by atoms with van der Waals surface area (Å²) in [5, 5.41) is 4.60. The quantitative estimate of drug-likeness (QED) is 0.373. The first kappa shape index (κ1) is 18.7. The van der Waals surface area contributed by atoms with Crippen molar-refractivity contribution in [2.45, 2.75) is 10.1 Å². The fraction of sp³-hybridized carbons (Fsp3) is 0.105. The normalized spacial score (nSPS) is 10.8. The molecule has 0 fully saturated rings. The van der Waals surface area contributed by atoms with E-state index in [0.29, 0.717) is 22.6 Å². The molecule has 3 aromatic rings. The minimum Gasteiger partial charge on any atom is -0.481 e. The van der Waals surface area contributed by atoms with Crippen molar-refractivity contribution in [3.8, 4) is 11.8 Å². The standard InChI is InChI=1S/C19H17FN4O2S/c1-25-17-11-18(26-2)23-19(22-17)27-16-10-6-3-7-13(16)12-21-24-15-9-5-4-8-14(15)20/h3-12,24H,1-2H3. The van der Waals surface area contributed by atoms with Crippen molar-refractivity contribution in [3.05, 3.63) is 66.0 Å². The lowest BCUT2D eigenvalue weighted by Gasteiger charge is -2.08. The molecule has 0 aliphatic rings. The molecule has 27 heavy (non-hydrogen) atoms. The van der Waals surface area contributed by atoms with Gasteiger partial charge in [-0.25, -0.2) is 4.39 Å². The minimum absolute atomic E-state index is 0.305. The zero-order chi connectivity index (χ0) is 19.1. The third-order valence-electron chi connectivity index (χ3n) is 3.46. The number of hydrogen-bond acceptors (Lipinski definition) is 7. The maximum Gasteiger partial charge on any atom is 0.220 e.